The highest BCUT2D eigenvalue weighted by Gasteiger charge is 2.23. The Kier molecular flexibility index (Phi) is 6.53. The van der Waals surface area contributed by atoms with E-state index in [1.165, 1.54) is 0 Å². The summed E-state index contributed by atoms with van der Waals surface area (Å²) in [6.07, 6.45) is 5.29. The number of aryl methyl sites for hydroxylation is 1. The molecule has 0 nitrogen and oxygen atoms in total. The van der Waals surface area contributed by atoms with Crippen LogP contribution in [0, 0.1) is 23.4 Å². The van der Waals surface area contributed by atoms with Gasteiger partial charge in [0.15, 0.2) is 23.3 Å². The van der Waals surface area contributed by atoms with Crippen LogP contribution in [0.2, 0.25) is 0 Å². The molecule has 0 N–H and O–H groups in total. The van der Waals surface area contributed by atoms with Crippen LogP contribution in [0.3, 0.4) is 0 Å². The molecule has 0 unspecified atom stereocenters. The maximum atomic E-state index is 13.6. The molecule has 0 bridgehead atoms. The van der Waals surface area contributed by atoms with E-state index >= 15 is 0 Å². The first-order chi connectivity index (χ1) is 13.3. The summed E-state index contributed by atoms with van der Waals surface area (Å²) in [6, 6.07) is 9.06. The van der Waals surface area contributed by atoms with Crippen molar-refractivity contribution in [2.45, 2.75) is 51.4 Å². The van der Waals surface area contributed by atoms with Crippen molar-refractivity contribution >= 4 is 5.83 Å². The number of hydrogen-bond acceptors (Lipinski definition) is 0. The third-order valence-electron chi connectivity index (χ3n) is 5.67. The molecule has 2 aromatic carbocycles. The fourth-order valence-corrected chi connectivity index (χ4v) is 4.01. The first kappa shape index (κ1) is 20.6. The van der Waals surface area contributed by atoms with Gasteiger partial charge in [0.1, 0.15) is 5.83 Å². The molecule has 28 heavy (non-hydrogen) atoms. The van der Waals surface area contributed by atoms with E-state index in [0.717, 1.165) is 56.7 Å². The van der Waals surface area contributed by atoms with E-state index < -0.39 is 29.1 Å². The van der Waals surface area contributed by atoms with Gasteiger partial charge in [-0.05, 0) is 80.5 Å². The molecule has 0 radical (unpaired) electrons. The first-order valence-electron chi connectivity index (χ1n) is 9.60. The van der Waals surface area contributed by atoms with Crippen molar-refractivity contribution in [3.05, 3.63) is 76.4 Å². The molecule has 1 fully saturated rings. The predicted octanol–water partition coefficient (Wildman–Crippen LogP) is 7.64. The average Bonchev–Trinajstić information content (AvgIpc) is 2.70. The summed E-state index contributed by atoms with van der Waals surface area (Å²) in [7, 11) is 0. The second kappa shape index (κ2) is 8.89. The van der Waals surface area contributed by atoms with Crippen molar-refractivity contribution in [3.8, 4) is 0 Å². The average molecular weight is 394 g/mol. The summed E-state index contributed by atoms with van der Waals surface area (Å²) in [5.74, 6) is -4.52. The van der Waals surface area contributed by atoms with E-state index in [-0.39, 0.29) is 5.56 Å². The van der Waals surface area contributed by atoms with Crippen molar-refractivity contribution < 1.29 is 22.0 Å². The molecule has 3 rings (SSSR count). The van der Waals surface area contributed by atoms with Crippen molar-refractivity contribution in [2.75, 3.05) is 0 Å². The van der Waals surface area contributed by atoms with Gasteiger partial charge in [-0.1, -0.05) is 24.3 Å². The smallest absolute Gasteiger partial charge is 0.194 e. The number of rotatable bonds is 5. The number of halogens is 5. The van der Waals surface area contributed by atoms with E-state index in [0.29, 0.717) is 23.8 Å². The van der Waals surface area contributed by atoms with Gasteiger partial charge in [-0.2, -0.15) is 0 Å². The monoisotopic (exact) mass is 394 g/mol. The quantitative estimate of drug-likeness (QED) is 0.361. The Morgan fingerprint density at radius 2 is 1.46 bits per heavy atom. The minimum atomic E-state index is -1.42. The molecule has 1 aliphatic carbocycles. The van der Waals surface area contributed by atoms with Crippen LogP contribution < -0.4 is 0 Å². The Hall–Kier alpha value is -2.17. The zero-order chi connectivity index (χ0) is 20.3. The van der Waals surface area contributed by atoms with Crippen molar-refractivity contribution in [2.24, 2.45) is 5.92 Å². The van der Waals surface area contributed by atoms with Crippen LogP contribution in [0.25, 0.3) is 5.83 Å². The lowest BCUT2D eigenvalue weighted by molar-refractivity contribution is 0.310. The zero-order valence-corrected chi connectivity index (χ0v) is 15.8. The van der Waals surface area contributed by atoms with Gasteiger partial charge in [-0.15, -0.1) is 0 Å². The van der Waals surface area contributed by atoms with Crippen LogP contribution >= 0.6 is 0 Å². The summed E-state index contributed by atoms with van der Waals surface area (Å²) in [5, 5.41) is 0. The lowest BCUT2D eigenvalue weighted by atomic mass is 9.77. The van der Waals surface area contributed by atoms with Crippen LogP contribution in [-0.4, -0.2) is 0 Å². The second-order valence-electron chi connectivity index (χ2n) is 7.60. The predicted molar refractivity (Wildman–Crippen MR) is 101 cm³/mol. The molecule has 0 aliphatic heterocycles. The lowest BCUT2D eigenvalue weighted by Gasteiger charge is -2.29. The van der Waals surface area contributed by atoms with Crippen LogP contribution in [0.15, 0.2) is 42.2 Å². The highest BCUT2D eigenvalue weighted by molar-refractivity contribution is 5.60. The zero-order valence-electron chi connectivity index (χ0n) is 15.8. The highest BCUT2D eigenvalue weighted by Crippen LogP contribution is 2.38. The second-order valence-corrected chi connectivity index (χ2v) is 7.60. The number of benzene rings is 2. The Morgan fingerprint density at radius 3 is 2.00 bits per heavy atom. The Balaban J connectivity index is 1.53. The van der Waals surface area contributed by atoms with Crippen LogP contribution in [0.4, 0.5) is 22.0 Å². The molecule has 0 heterocycles. The molecule has 0 spiro atoms. The van der Waals surface area contributed by atoms with E-state index in [1.54, 1.807) is 12.1 Å². The van der Waals surface area contributed by atoms with Crippen molar-refractivity contribution in [1.82, 2.24) is 0 Å². The van der Waals surface area contributed by atoms with Gasteiger partial charge in [-0.3, -0.25) is 0 Å². The molecule has 2 aromatic rings. The summed E-state index contributed by atoms with van der Waals surface area (Å²) in [5.41, 5.74) is 1.85. The summed E-state index contributed by atoms with van der Waals surface area (Å²) >= 11 is 0. The largest absolute Gasteiger partial charge is 0.209 e. The van der Waals surface area contributed by atoms with Gasteiger partial charge in [0.25, 0.3) is 0 Å². The fourth-order valence-electron chi connectivity index (χ4n) is 4.01. The molecule has 0 atom stereocenters. The molecule has 1 aliphatic rings. The van der Waals surface area contributed by atoms with Gasteiger partial charge >= 0.3 is 0 Å². The maximum Gasteiger partial charge on any atom is 0.194 e. The fraction of sp³-hybridized carbons (Fsp3) is 0.391. The van der Waals surface area contributed by atoms with E-state index in [9.17, 15) is 22.0 Å². The first-order valence-corrected chi connectivity index (χ1v) is 9.60. The molecule has 0 aromatic heterocycles. The van der Waals surface area contributed by atoms with E-state index in [4.69, 9.17) is 0 Å². The van der Waals surface area contributed by atoms with Gasteiger partial charge in [0, 0.05) is 5.56 Å². The van der Waals surface area contributed by atoms with Gasteiger partial charge in [-0.25, -0.2) is 22.0 Å². The molecular weight excluding hydrogens is 371 g/mol. The Labute approximate surface area is 162 Å². The van der Waals surface area contributed by atoms with Crippen molar-refractivity contribution in [1.29, 1.82) is 0 Å². The van der Waals surface area contributed by atoms with Gasteiger partial charge in [0.05, 0.1) is 0 Å². The molecule has 0 saturated heterocycles. The molecule has 5 heteroatoms. The summed E-state index contributed by atoms with van der Waals surface area (Å²) < 4.78 is 66.2. The highest BCUT2D eigenvalue weighted by atomic mass is 19.2. The Bertz CT molecular complexity index is 819. The third kappa shape index (κ3) is 4.81. The third-order valence-corrected chi connectivity index (χ3v) is 5.67. The maximum absolute atomic E-state index is 13.6. The van der Waals surface area contributed by atoms with Gasteiger partial charge < -0.3 is 0 Å². The molecular formula is C23H23F5. The van der Waals surface area contributed by atoms with Crippen LogP contribution in [-0.2, 0) is 6.42 Å². The number of allylic oxidation sites excluding steroid dienone is 1. The van der Waals surface area contributed by atoms with Gasteiger partial charge in [0.2, 0.25) is 0 Å². The normalized spacial score (nSPS) is 20.8. The summed E-state index contributed by atoms with van der Waals surface area (Å²) in [6.45, 7) is 1.10. The van der Waals surface area contributed by atoms with E-state index in [1.807, 2.05) is 12.1 Å². The number of hydrogen-bond donors (Lipinski definition) is 0. The van der Waals surface area contributed by atoms with Crippen LogP contribution in [0.1, 0.15) is 61.6 Å². The van der Waals surface area contributed by atoms with E-state index in [2.05, 4.69) is 0 Å². The SMILES string of the molecule is CC(F)=C(F)c1ccc(C2CCC(CCc3cc(F)c(F)c(F)c3)CC2)cc1. The minimum absolute atomic E-state index is 0.246. The molecule has 1 saturated carbocycles. The lowest BCUT2D eigenvalue weighted by Crippen LogP contribution is -2.14. The summed E-state index contributed by atoms with van der Waals surface area (Å²) in [4.78, 5) is 0. The topological polar surface area (TPSA) is 0 Å². The minimum Gasteiger partial charge on any atom is -0.209 e. The molecule has 0 amide bonds. The molecule has 150 valence electrons. The van der Waals surface area contributed by atoms with Crippen LogP contribution in [0.5, 0.6) is 0 Å². The van der Waals surface area contributed by atoms with Crippen molar-refractivity contribution in [3.63, 3.8) is 0 Å². The Morgan fingerprint density at radius 1 is 0.893 bits per heavy atom. The standard InChI is InChI=1S/C23H23F5/c1-14(24)22(27)19-10-8-18(9-11-19)17-6-4-15(5-7-17)2-3-16-12-20(25)23(28)21(26)13-16/h8-13,15,17H,2-7H2,1H3.